The van der Waals surface area contributed by atoms with Crippen molar-refractivity contribution in [1.82, 2.24) is 10.6 Å². The van der Waals surface area contributed by atoms with Crippen LogP contribution in [0.1, 0.15) is 58.5 Å². The third-order valence-corrected chi connectivity index (χ3v) is 4.22. The molecule has 0 radical (unpaired) electrons. The molecule has 2 aromatic rings. The number of amides is 2. The summed E-state index contributed by atoms with van der Waals surface area (Å²) < 4.78 is 5.50. The highest BCUT2D eigenvalue weighted by atomic mass is 16.5. The summed E-state index contributed by atoms with van der Waals surface area (Å²) >= 11 is 0. The Labute approximate surface area is 161 Å². The van der Waals surface area contributed by atoms with Crippen LogP contribution in [-0.2, 0) is 6.54 Å². The third-order valence-electron chi connectivity index (χ3n) is 4.22. The normalized spacial score (nSPS) is 10.3. The number of carbonyl (C=O) groups excluding carboxylic acids is 2. The second-order valence-corrected chi connectivity index (χ2v) is 6.40. The van der Waals surface area contributed by atoms with Crippen molar-refractivity contribution in [2.24, 2.45) is 0 Å². The van der Waals surface area contributed by atoms with E-state index in [1.165, 1.54) is 0 Å². The molecule has 0 aliphatic carbocycles. The lowest BCUT2D eigenvalue weighted by Crippen LogP contribution is -2.24. The molecule has 144 valence electrons. The summed E-state index contributed by atoms with van der Waals surface area (Å²) in [5, 5.41) is 5.80. The van der Waals surface area contributed by atoms with Crippen molar-refractivity contribution in [1.29, 1.82) is 0 Å². The molecule has 0 heterocycles. The van der Waals surface area contributed by atoms with E-state index in [0.29, 0.717) is 30.8 Å². The van der Waals surface area contributed by atoms with Crippen molar-refractivity contribution in [2.75, 3.05) is 13.2 Å². The van der Waals surface area contributed by atoms with Crippen molar-refractivity contribution in [3.63, 3.8) is 0 Å². The van der Waals surface area contributed by atoms with Crippen molar-refractivity contribution in [2.45, 2.75) is 40.2 Å². The lowest BCUT2D eigenvalue weighted by atomic mass is 10.1. The molecule has 0 bridgehead atoms. The summed E-state index contributed by atoms with van der Waals surface area (Å²) in [6, 6.07) is 12.7. The Morgan fingerprint density at radius 2 is 1.59 bits per heavy atom. The van der Waals surface area contributed by atoms with Crippen molar-refractivity contribution in [3.05, 3.63) is 64.7 Å². The number of aryl methyl sites for hydroxylation is 1. The predicted octanol–water partition coefficient (Wildman–Crippen LogP) is 3.85. The molecule has 5 heteroatoms. The van der Waals surface area contributed by atoms with Crippen LogP contribution >= 0.6 is 0 Å². The zero-order chi connectivity index (χ0) is 19.6. The lowest BCUT2D eigenvalue weighted by molar-refractivity contribution is 0.0942. The van der Waals surface area contributed by atoms with E-state index in [1.807, 2.05) is 38.1 Å². The molecule has 2 amide bonds. The minimum Gasteiger partial charge on any atom is -0.494 e. The molecule has 0 saturated heterocycles. The predicted molar refractivity (Wildman–Crippen MR) is 107 cm³/mol. The van der Waals surface area contributed by atoms with Crippen molar-refractivity contribution >= 4 is 11.8 Å². The van der Waals surface area contributed by atoms with Gasteiger partial charge in [0.05, 0.1) is 6.61 Å². The molecule has 2 aromatic carbocycles. The highest BCUT2D eigenvalue weighted by molar-refractivity contribution is 5.95. The fourth-order valence-electron chi connectivity index (χ4n) is 2.65. The van der Waals surface area contributed by atoms with Gasteiger partial charge in [-0.15, -0.1) is 0 Å². The van der Waals surface area contributed by atoms with Crippen LogP contribution in [0.5, 0.6) is 5.75 Å². The summed E-state index contributed by atoms with van der Waals surface area (Å²) in [7, 11) is 0. The minimum atomic E-state index is -0.137. The zero-order valence-electron chi connectivity index (χ0n) is 16.3. The van der Waals surface area contributed by atoms with Crippen molar-refractivity contribution in [3.8, 4) is 5.75 Å². The summed E-state index contributed by atoms with van der Waals surface area (Å²) in [4.78, 5) is 24.3. The molecule has 2 N–H and O–H groups in total. The van der Waals surface area contributed by atoms with Crippen molar-refractivity contribution < 1.29 is 14.3 Å². The Bertz CT molecular complexity index is 770. The van der Waals surface area contributed by atoms with E-state index in [9.17, 15) is 9.59 Å². The van der Waals surface area contributed by atoms with Gasteiger partial charge in [0.25, 0.3) is 11.8 Å². The van der Waals surface area contributed by atoms with E-state index < -0.39 is 0 Å². The van der Waals surface area contributed by atoms with E-state index in [4.69, 9.17) is 4.74 Å². The van der Waals surface area contributed by atoms with Gasteiger partial charge in [-0.3, -0.25) is 9.59 Å². The summed E-state index contributed by atoms with van der Waals surface area (Å²) in [5.41, 5.74) is 3.10. The van der Waals surface area contributed by atoms with Gasteiger partial charge in [0.2, 0.25) is 0 Å². The van der Waals surface area contributed by atoms with Crippen LogP contribution in [0.15, 0.2) is 42.5 Å². The Morgan fingerprint density at radius 3 is 2.22 bits per heavy atom. The Kier molecular flexibility index (Phi) is 7.86. The molecule has 0 saturated carbocycles. The SMILES string of the molecule is CCCCNC(=O)c1ccc(CNC(=O)c2ccc(OCC)c(C)c2)cc1. The molecule has 0 spiro atoms. The largest absolute Gasteiger partial charge is 0.494 e. The highest BCUT2D eigenvalue weighted by Gasteiger charge is 2.09. The van der Waals surface area contributed by atoms with E-state index in [2.05, 4.69) is 17.6 Å². The highest BCUT2D eigenvalue weighted by Crippen LogP contribution is 2.19. The molecule has 5 nitrogen and oxygen atoms in total. The first kappa shape index (κ1) is 20.5. The fourth-order valence-corrected chi connectivity index (χ4v) is 2.65. The number of unbranched alkanes of at least 4 members (excludes halogenated alkanes) is 1. The van der Waals surface area contributed by atoms with Crippen LogP contribution in [0.3, 0.4) is 0 Å². The van der Waals surface area contributed by atoms with E-state index in [-0.39, 0.29) is 11.8 Å². The number of ether oxygens (including phenoxy) is 1. The number of rotatable bonds is 9. The van der Waals surface area contributed by atoms with Gasteiger partial charge in [-0.05, 0) is 61.7 Å². The van der Waals surface area contributed by atoms with Gasteiger partial charge in [-0.1, -0.05) is 25.5 Å². The molecule has 0 fully saturated rings. The molecule has 0 aliphatic rings. The second kappa shape index (κ2) is 10.4. The van der Waals surface area contributed by atoms with E-state index >= 15 is 0 Å². The van der Waals surface area contributed by atoms with Crippen LogP contribution in [0, 0.1) is 6.92 Å². The van der Waals surface area contributed by atoms with Gasteiger partial charge >= 0.3 is 0 Å². The van der Waals surface area contributed by atoms with Gasteiger partial charge in [0.1, 0.15) is 5.75 Å². The maximum atomic E-state index is 12.3. The fraction of sp³-hybridized carbons (Fsp3) is 0.364. The van der Waals surface area contributed by atoms with Gasteiger partial charge < -0.3 is 15.4 Å². The first-order valence-corrected chi connectivity index (χ1v) is 9.44. The average molecular weight is 368 g/mol. The first-order chi connectivity index (χ1) is 13.0. The number of hydrogen-bond donors (Lipinski definition) is 2. The van der Waals surface area contributed by atoms with Crippen LogP contribution in [-0.4, -0.2) is 25.0 Å². The number of hydrogen-bond acceptors (Lipinski definition) is 3. The monoisotopic (exact) mass is 368 g/mol. The standard InChI is InChI=1S/C22H28N2O3/c1-4-6-13-23-21(25)18-9-7-17(8-10-18)15-24-22(26)19-11-12-20(27-5-2)16(3)14-19/h7-12,14H,4-6,13,15H2,1-3H3,(H,23,25)(H,24,26). The number of carbonyl (C=O) groups is 2. The second-order valence-electron chi connectivity index (χ2n) is 6.40. The first-order valence-electron chi connectivity index (χ1n) is 9.44. The third kappa shape index (κ3) is 6.13. The van der Waals surface area contributed by atoms with Gasteiger partial charge in [-0.25, -0.2) is 0 Å². The maximum absolute atomic E-state index is 12.3. The van der Waals surface area contributed by atoms with Crippen LogP contribution in [0.25, 0.3) is 0 Å². The molecule has 0 aromatic heterocycles. The average Bonchev–Trinajstić information content (AvgIpc) is 2.68. The molecular weight excluding hydrogens is 340 g/mol. The number of nitrogens with one attached hydrogen (secondary N) is 2. The van der Waals surface area contributed by atoms with Gasteiger partial charge in [-0.2, -0.15) is 0 Å². The quantitative estimate of drug-likeness (QED) is 0.661. The summed E-state index contributed by atoms with van der Waals surface area (Å²) in [5.74, 6) is 0.591. The molecule has 2 rings (SSSR count). The molecule has 27 heavy (non-hydrogen) atoms. The maximum Gasteiger partial charge on any atom is 0.251 e. The van der Waals surface area contributed by atoms with Gasteiger partial charge in [0, 0.05) is 24.2 Å². The summed E-state index contributed by atoms with van der Waals surface area (Å²) in [6.45, 7) is 7.63. The van der Waals surface area contributed by atoms with Crippen LogP contribution in [0.4, 0.5) is 0 Å². The van der Waals surface area contributed by atoms with Gasteiger partial charge in [0.15, 0.2) is 0 Å². The smallest absolute Gasteiger partial charge is 0.251 e. The Morgan fingerprint density at radius 1 is 0.926 bits per heavy atom. The lowest BCUT2D eigenvalue weighted by Gasteiger charge is -2.10. The zero-order valence-corrected chi connectivity index (χ0v) is 16.3. The minimum absolute atomic E-state index is 0.0658. The van der Waals surface area contributed by atoms with E-state index in [0.717, 1.165) is 29.7 Å². The molecule has 0 atom stereocenters. The molecule has 0 aliphatic heterocycles. The summed E-state index contributed by atoms with van der Waals surface area (Å²) in [6.07, 6.45) is 2.02. The van der Waals surface area contributed by atoms with Crippen LogP contribution < -0.4 is 15.4 Å². The molecular formula is C22H28N2O3. The Hall–Kier alpha value is -2.82. The topological polar surface area (TPSA) is 67.4 Å². The Balaban J connectivity index is 1.89. The van der Waals surface area contributed by atoms with Crippen LogP contribution in [0.2, 0.25) is 0 Å². The molecule has 0 unspecified atom stereocenters. The van der Waals surface area contributed by atoms with E-state index in [1.54, 1.807) is 18.2 Å². The number of benzene rings is 2.